The van der Waals surface area contributed by atoms with Crippen molar-refractivity contribution in [3.8, 4) is 0 Å². The number of hydrogen-bond acceptors (Lipinski definition) is 4. The number of rotatable bonds is 9. The normalized spacial score (nSPS) is 10.6. The van der Waals surface area contributed by atoms with Gasteiger partial charge in [-0.1, -0.05) is 23.8 Å². The fraction of sp³-hybridized carbons (Fsp3) is 0.500. The number of nitrogens with two attached hydrogens (primary N) is 1. The monoisotopic (exact) mass is 316 g/mol. The van der Waals surface area contributed by atoms with Gasteiger partial charge in [0, 0.05) is 39.5 Å². The molecule has 0 spiro atoms. The summed E-state index contributed by atoms with van der Waals surface area (Å²) >= 11 is 11.3. The topological polar surface area (TPSA) is 47.7 Å². The number of ether oxygens (including phenoxy) is 2. The van der Waals surface area contributed by atoms with Gasteiger partial charge in [0.1, 0.15) is 4.99 Å². The first-order chi connectivity index (χ1) is 9.60. The lowest BCUT2D eigenvalue weighted by atomic mass is 10.2. The van der Waals surface area contributed by atoms with Crippen molar-refractivity contribution in [3.05, 3.63) is 28.8 Å². The van der Waals surface area contributed by atoms with Crippen molar-refractivity contribution in [2.75, 3.05) is 45.4 Å². The van der Waals surface area contributed by atoms with Crippen LogP contribution in [-0.4, -0.2) is 45.5 Å². The SMILES string of the molecule is COCCCN(CCOC)c1ccc(C(N)=S)cc1Cl. The maximum absolute atomic E-state index is 6.33. The van der Waals surface area contributed by atoms with Crippen molar-refractivity contribution in [1.82, 2.24) is 0 Å². The van der Waals surface area contributed by atoms with Crippen LogP contribution in [0.2, 0.25) is 5.02 Å². The van der Waals surface area contributed by atoms with Crippen LogP contribution in [-0.2, 0) is 9.47 Å². The fourth-order valence-electron chi connectivity index (χ4n) is 1.87. The van der Waals surface area contributed by atoms with Crippen LogP contribution < -0.4 is 10.6 Å². The Morgan fingerprint density at radius 3 is 2.50 bits per heavy atom. The Labute approximate surface area is 130 Å². The molecule has 0 aromatic heterocycles. The summed E-state index contributed by atoms with van der Waals surface area (Å²) in [6.45, 7) is 2.97. The second-order valence-corrected chi connectivity index (χ2v) is 5.20. The Kier molecular flexibility index (Phi) is 7.84. The van der Waals surface area contributed by atoms with Gasteiger partial charge < -0.3 is 20.1 Å². The van der Waals surface area contributed by atoms with E-state index in [1.165, 1.54) is 0 Å². The molecule has 0 saturated carbocycles. The number of anilines is 1. The first-order valence-corrected chi connectivity index (χ1v) is 7.21. The van der Waals surface area contributed by atoms with E-state index >= 15 is 0 Å². The second kappa shape index (κ2) is 9.13. The molecule has 0 aliphatic rings. The van der Waals surface area contributed by atoms with Gasteiger partial charge in [-0.05, 0) is 24.6 Å². The van der Waals surface area contributed by atoms with Crippen LogP contribution in [0.4, 0.5) is 5.69 Å². The van der Waals surface area contributed by atoms with Crippen LogP contribution >= 0.6 is 23.8 Å². The zero-order valence-corrected chi connectivity index (χ0v) is 13.5. The highest BCUT2D eigenvalue weighted by Crippen LogP contribution is 2.27. The Morgan fingerprint density at radius 1 is 1.25 bits per heavy atom. The highest BCUT2D eigenvalue weighted by atomic mass is 35.5. The van der Waals surface area contributed by atoms with E-state index in [1.807, 2.05) is 12.1 Å². The van der Waals surface area contributed by atoms with Crippen LogP contribution in [0.5, 0.6) is 0 Å². The van der Waals surface area contributed by atoms with Crippen molar-refractivity contribution in [3.63, 3.8) is 0 Å². The molecule has 2 N–H and O–H groups in total. The van der Waals surface area contributed by atoms with E-state index in [4.69, 9.17) is 39.0 Å². The molecule has 0 aliphatic heterocycles. The van der Waals surface area contributed by atoms with Gasteiger partial charge in [-0.3, -0.25) is 0 Å². The molecule has 6 heteroatoms. The molecular formula is C14H21ClN2O2S. The molecular weight excluding hydrogens is 296 g/mol. The standard InChI is InChI=1S/C14H21ClN2O2S/c1-18-8-3-6-17(7-9-19-2)13-5-4-11(14(16)20)10-12(13)15/h4-5,10H,3,6-9H2,1-2H3,(H2,16,20). The third-order valence-electron chi connectivity index (χ3n) is 2.91. The van der Waals surface area contributed by atoms with E-state index in [-0.39, 0.29) is 0 Å². The zero-order valence-electron chi connectivity index (χ0n) is 11.9. The molecule has 0 radical (unpaired) electrons. The maximum Gasteiger partial charge on any atom is 0.104 e. The predicted octanol–water partition coefficient (Wildman–Crippen LogP) is 2.46. The van der Waals surface area contributed by atoms with Gasteiger partial charge in [0.25, 0.3) is 0 Å². The summed E-state index contributed by atoms with van der Waals surface area (Å²) in [5.74, 6) is 0. The summed E-state index contributed by atoms with van der Waals surface area (Å²) < 4.78 is 10.2. The molecule has 20 heavy (non-hydrogen) atoms. The highest BCUT2D eigenvalue weighted by molar-refractivity contribution is 7.80. The average Bonchev–Trinajstić information content (AvgIpc) is 2.43. The van der Waals surface area contributed by atoms with E-state index in [0.717, 1.165) is 30.8 Å². The molecule has 0 saturated heterocycles. The van der Waals surface area contributed by atoms with Crippen molar-refractivity contribution in [2.24, 2.45) is 5.73 Å². The van der Waals surface area contributed by atoms with Crippen LogP contribution in [0.3, 0.4) is 0 Å². The van der Waals surface area contributed by atoms with Crippen LogP contribution in [0.15, 0.2) is 18.2 Å². The molecule has 0 atom stereocenters. The fourth-order valence-corrected chi connectivity index (χ4v) is 2.30. The Bertz CT molecular complexity index is 443. The third kappa shape index (κ3) is 5.25. The minimum Gasteiger partial charge on any atom is -0.389 e. The number of hydrogen-bond donors (Lipinski definition) is 1. The number of nitrogens with zero attached hydrogens (tertiary/aromatic N) is 1. The molecule has 0 bridgehead atoms. The Morgan fingerprint density at radius 2 is 1.95 bits per heavy atom. The summed E-state index contributed by atoms with van der Waals surface area (Å²) in [5.41, 5.74) is 7.34. The summed E-state index contributed by atoms with van der Waals surface area (Å²) in [6, 6.07) is 5.63. The first kappa shape index (κ1) is 17.2. The van der Waals surface area contributed by atoms with E-state index in [2.05, 4.69) is 4.90 Å². The summed E-state index contributed by atoms with van der Waals surface area (Å²) in [4.78, 5) is 2.52. The van der Waals surface area contributed by atoms with Crippen molar-refractivity contribution in [2.45, 2.75) is 6.42 Å². The van der Waals surface area contributed by atoms with Crippen molar-refractivity contribution in [1.29, 1.82) is 0 Å². The van der Waals surface area contributed by atoms with Crippen LogP contribution in [0, 0.1) is 0 Å². The van der Waals surface area contributed by atoms with Gasteiger partial charge in [-0.2, -0.15) is 0 Å². The van der Waals surface area contributed by atoms with E-state index in [1.54, 1.807) is 20.3 Å². The third-order valence-corrected chi connectivity index (χ3v) is 3.45. The minimum absolute atomic E-state index is 0.348. The van der Waals surface area contributed by atoms with Gasteiger partial charge in [-0.25, -0.2) is 0 Å². The van der Waals surface area contributed by atoms with E-state index < -0.39 is 0 Å². The predicted molar refractivity (Wildman–Crippen MR) is 87.9 cm³/mol. The molecule has 112 valence electrons. The molecule has 0 unspecified atom stereocenters. The Hall–Kier alpha value is -0.880. The average molecular weight is 317 g/mol. The molecule has 0 aliphatic carbocycles. The number of thiocarbonyl (C=S) groups is 1. The second-order valence-electron chi connectivity index (χ2n) is 4.36. The van der Waals surface area contributed by atoms with Gasteiger partial charge in [0.2, 0.25) is 0 Å². The lowest BCUT2D eigenvalue weighted by Crippen LogP contribution is -2.29. The minimum atomic E-state index is 0.348. The molecule has 0 fully saturated rings. The molecule has 0 amide bonds. The van der Waals surface area contributed by atoms with Crippen molar-refractivity contribution < 1.29 is 9.47 Å². The summed E-state index contributed by atoms with van der Waals surface area (Å²) in [6.07, 6.45) is 0.924. The Balaban J connectivity index is 2.85. The van der Waals surface area contributed by atoms with Crippen LogP contribution in [0.1, 0.15) is 12.0 Å². The number of benzene rings is 1. The van der Waals surface area contributed by atoms with Gasteiger partial charge in [0.05, 0.1) is 17.3 Å². The number of methoxy groups -OCH3 is 2. The van der Waals surface area contributed by atoms with Crippen LogP contribution in [0.25, 0.3) is 0 Å². The highest BCUT2D eigenvalue weighted by Gasteiger charge is 2.11. The van der Waals surface area contributed by atoms with Gasteiger partial charge >= 0.3 is 0 Å². The largest absolute Gasteiger partial charge is 0.389 e. The molecule has 1 rings (SSSR count). The molecule has 1 aromatic carbocycles. The quantitative estimate of drug-likeness (QED) is 0.560. The molecule has 4 nitrogen and oxygen atoms in total. The van der Waals surface area contributed by atoms with E-state index in [0.29, 0.717) is 23.2 Å². The first-order valence-electron chi connectivity index (χ1n) is 6.42. The summed E-state index contributed by atoms with van der Waals surface area (Å²) in [7, 11) is 3.38. The van der Waals surface area contributed by atoms with Gasteiger partial charge in [0.15, 0.2) is 0 Å². The lowest BCUT2D eigenvalue weighted by molar-refractivity contribution is 0.191. The van der Waals surface area contributed by atoms with Crippen molar-refractivity contribution >= 4 is 34.5 Å². The number of halogens is 1. The maximum atomic E-state index is 6.33. The van der Waals surface area contributed by atoms with E-state index in [9.17, 15) is 0 Å². The molecule has 0 heterocycles. The molecule has 1 aromatic rings. The van der Waals surface area contributed by atoms with Gasteiger partial charge in [-0.15, -0.1) is 0 Å². The summed E-state index contributed by atoms with van der Waals surface area (Å²) in [5, 5.41) is 0.642. The smallest absolute Gasteiger partial charge is 0.104 e. The zero-order chi connectivity index (χ0) is 15.0. The lowest BCUT2D eigenvalue weighted by Gasteiger charge is -2.25.